The highest BCUT2D eigenvalue weighted by molar-refractivity contribution is 6.03. The smallest absolute Gasteiger partial charge is 0.247 e. The lowest BCUT2D eigenvalue weighted by Gasteiger charge is -2.25. The molecule has 1 saturated heterocycles. The van der Waals surface area contributed by atoms with E-state index < -0.39 is 0 Å². The van der Waals surface area contributed by atoms with Gasteiger partial charge >= 0.3 is 0 Å². The predicted molar refractivity (Wildman–Crippen MR) is 124 cm³/mol. The Morgan fingerprint density at radius 3 is 2.66 bits per heavy atom. The zero-order valence-corrected chi connectivity index (χ0v) is 18.4. The molecule has 2 aromatic heterocycles. The second kappa shape index (κ2) is 8.06. The zero-order chi connectivity index (χ0) is 22.2. The van der Waals surface area contributed by atoms with Gasteiger partial charge in [0.1, 0.15) is 17.3 Å². The summed E-state index contributed by atoms with van der Waals surface area (Å²) in [5.41, 5.74) is 6.28. The van der Waals surface area contributed by atoms with Crippen molar-refractivity contribution >= 4 is 16.8 Å². The van der Waals surface area contributed by atoms with Crippen molar-refractivity contribution in [2.24, 2.45) is 0 Å². The lowest BCUT2D eigenvalue weighted by Crippen LogP contribution is -2.31. The van der Waals surface area contributed by atoms with Crippen LogP contribution in [-0.2, 0) is 0 Å². The third kappa shape index (κ3) is 3.29. The average molecular weight is 425 g/mol. The van der Waals surface area contributed by atoms with Gasteiger partial charge in [0.05, 0.1) is 17.4 Å². The highest BCUT2D eigenvalue weighted by Crippen LogP contribution is 2.44. The maximum Gasteiger partial charge on any atom is 0.247 e. The average Bonchev–Trinajstić information content (AvgIpc) is 3.48. The number of oxazole rings is 1. The molecule has 0 spiro atoms. The molecule has 3 heterocycles. The van der Waals surface area contributed by atoms with Crippen molar-refractivity contribution in [1.82, 2.24) is 19.9 Å². The van der Waals surface area contributed by atoms with Crippen molar-refractivity contribution in [3.8, 4) is 28.8 Å². The van der Waals surface area contributed by atoms with E-state index in [0.29, 0.717) is 34.3 Å². The summed E-state index contributed by atoms with van der Waals surface area (Å²) in [6.07, 6.45) is 5.91. The van der Waals surface area contributed by atoms with Crippen LogP contribution >= 0.6 is 0 Å². The number of hydrogen-bond acceptors (Lipinski definition) is 7. The number of nitriles is 1. The number of rotatable bonds is 4. The normalized spacial score (nSPS) is 16.1. The molecule has 2 aromatic carbocycles. The quantitative estimate of drug-likeness (QED) is 0.484. The Bertz CT molecular complexity index is 1310. The van der Waals surface area contributed by atoms with Crippen LogP contribution in [0.15, 0.2) is 53.3 Å². The minimum atomic E-state index is 0.374. The number of aromatic nitrogens is 3. The molecule has 1 aliphatic heterocycles. The van der Waals surface area contributed by atoms with Crippen molar-refractivity contribution in [2.75, 3.05) is 32.1 Å². The van der Waals surface area contributed by atoms with Crippen LogP contribution in [0.1, 0.15) is 17.5 Å². The van der Waals surface area contributed by atoms with E-state index in [0.717, 1.165) is 41.9 Å². The maximum absolute atomic E-state index is 10.1. The fraction of sp³-hybridized carbons (Fsp3) is 0.280. The molecule has 1 aliphatic rings. The van der Waals surface area contributed by atoms with Gasteiger partial charge in [0, 0.05) is 37.1 Å². The van der Waals surface area contributed by atoms with Crippen LogP contribution in [0.2, 0.25) is 0 Å². The molecule has 1 fully saturated rings. The van der Waals surface area contributed by atoms with E-state index in [-0.39, 0.29) is 0 Å². The highest BCUT2D eigenvalue weighted by Gasteiger charge is 2.32. The van der Waals surface area contributed by atoms with Crippen LogP contribution in [0.4, 0.5) is 5.69 Å². The summed E-state index contributed by atoms with van der Waals surface area (Å²) in [4.78, 5) is 17.8. The Kier molecular flexibility index (Phi) is 5.08. The van der Waals surface area contributed by atoms with Crippen molar-refractivity contribution in [2.45, 2.75) is 19.4 Å². The molecule has 4 aromatic rings. The molecule has 0 saturated carbocycles. The Balaban J connectivity index is 1.81. The van der Waals surface area contributed by atoms with Crippen molar-refractivity contribution in [3.05, 3.63) is 60.0 Å². The monoisotopic (exact) mass is 424 g/mol. The molecule has 0 N–H and O–H groups in total. The second-order valence-electron chi connectivity index (χ2n) is 8.34. The Hall–Kier alpha value is -3.76. The first-order valence-corrected chi connectivity index (χ1v) is 10.7. The van der Waals surface area contributed by atoms with Crippen molar-refractivity contribution in [3.63, 3.8) is 0 Å². The third-order valence-corrected chi connectivity index (χ3v) is 6.23. The van der Waals surface area contributed by atoms with E-state index >= 15 is 0 Å². The lowest BCUT2D eigenvalue weighted by atomic mass is 9.93. The van der Waals surface area contributed by atoms with E-state index in [9.17, 15) is 5.26 Å². The molecule has 1 atom stereocenters. The maximum atomic E-state index is 10.1. The lowest BCUT2D eigenvalue weighted by molar-refractivity contribution is 0.315. The van der Waals surface area contributed by atoms with Gasteiger partial charge in [-0.2, -0.15) is 5.26 Å². The van der Waals surface area contributed by atoms with Crippen molar-refractivity contribution < 1.29 is 4.42 Å². The fourth-order valence-corrected chi connectivity index (χ4v) is 4.53. The van der Waals surface area contributed by atoms with Crippen LogP contribution in [0.25, 0.3) is 33.8 Å². The van der Waals surface area contributed by atoms with Crippen LogP contribution in [0.3, 0.4) is 0 Å². The third-order valence-electron chi connectivity index (χ3n) is 6.23. The molecule has 0 bridgehead atoms. The number of hydrogen-bond donors (Lipinski definition) is 0. The van der Waals surface area contributed by atoms with Gasteiger partial charge in [0.15, 0.2) is 5.58 Å². The van der Waals surface area contributed by atoms with E-state index in [4.69, 9.17) is 9.40 Å². The van der Waals surface area contributed by atoms with Crippen LogP contribution in [-0.4, -0.2) is 53.1 Å². The van der Waals surface area contributed by atoms with Gasteiger partial charge in [-0.05, 0) is 38.6 Å². The Labute approximate surface area is 187 Å². The zero-order valence-electron chi connectivity index (χ0n) is 18.4. The number of fused-ring (bicyclic) bond motifs is 1. The summed E-state index contributed by atoms with van der Waals surface area (Å²) >= 11 is 0. The van der Waals surface area contributed by atoms with Crippen LogP contribution in [0.5, 0.6) is 0 Å². The van der Waals surface area contributed by atoms with Crippen LogP contribution in [0, 0.1) is 18.3 Å². The second-order valence-corrected chi connectivity index (χ2v) is 8.34. The fourth-order valence-electron chi connectivity index (χ4n) is 4.53. The van der Waals surface area contributed by atoms with Gasteiger partial charge in [-0.25, -0.2) is 9.97 Å². The number of anilines is 1. The van der Waals surface area contributed by atoms with E-state index in [1.807, 2.05) is 25.1 Å². The largest absolute Gasteiger partial charge is 0.432 e. The Morgan fingerprint density at radius 1 is 1.19 bits per heavy atom. The molecule has 0 radical (unpaired) electrons. The molecule has 0 aliphatic carbocycles. The topological polar surface area (TPSA) is 82.1 Å². The summed E-state index contributed by atoms with van der Waals surface area (Å²) in [6, 6.07) is 13.0. The molecular formula is C25H24N6O. The summed E-state index contributed by atoms with van der Waals surface area (Å²) < 4.78 is 6.33. The van der Waals surface area contributed by atoms with Gasteiger partial charge in [0.2, 0.25) is 5.89 Å². The molecule has 5 rings (SSSR count). The first kappa shape index (κ1) is 20.2. The summed E-state index contributed by atoms with van der Waals surface area (Å²) in [5.74, 6) is 0.374. The predicted octanol–water partition coefficient (Wildman–Crippen LogP) is 4.27. The molecule has 1 unspecified atom stereocenters. The Morgan fingerprint density at radius 2 is 2.00 bits per heavy atom. The molecule has 32 heavy (non-hydrogen) atoms. The summed E-state index contributed by atoms with van der Waals surface area (Å²) in [5, 5.41) is 10.1. The minimum absolute atomic E-state index is 0.374. The highest BCUT2D eigenvalue weighted by atomic mass is 16.3. The number of likely N-dealkylation sites (N-methyl/N-ethyl adjacent to an activating group) is 1. The minimum Gasteiger partial charge on any atom is -0.432 e. The summed E-state index contributed by atoms with van der Waals surface area (Å²) in [7, 11) is 4.24. The van der Waals surface area contributed by atoms with Crippen LogP contribution < -0.4 is 4.90 Å². The summed E-state index contributed by atoms with van der Waals surface area (Å²) in [6.45, 7) is 3.79. The van der Waals surface area contributed by atoms with E-state index in [2.05, 4.69) is 52.1 Å². The standard InChI is InChI=1S/C25H24N6O/c1-16-19(13-26)22-24(32-25(29-22)20-14-27-10-11-28-20)23(21(16)17-7-5-4-6-8-17)31-12-9-18(15-31)30(2)3/h4-8,10-11,14,18H,9,12,15H2,1-3H3. The van der Waals surface area contributed by atoms with Gasteiger partial charge < -0.3 is 14.2 Å². The molecular weight excluding hydrogens is 400 g/mol. The van der Waals surface area contributed by atoms with Gasteiger partial charge in [-0.15, -0.1) is 0 Å². The van der Waals surface area contributed by atoms with Gasteiger partial charge in [0.25, 0.3) is 0 Å². The molecule has 7 nitrogen and oxygen atoms in total. The van der Waals surface area contributed by atoms with Gasteiger partial charge in [-0.1, -0.05) is 30.3 Å². The SMILES string of the molecule is Cc1c(-c2ccccc2)c(N2CCC(N(C)C)C2)c2oc(-c3cnccn3)nc2c1C#N. The molecule has 160 valence electrons. The molecule has 0 amide bonds. The first-order chi connectivity index (χ1) is 15.6. The van der Waals surface area contributed by atoms with Crippen molar-refractivity contribution in [1.29, 1.82) is 5.26 Å². The van der Waals surface area contributed by atoms with Gasteiger partial charge in [-0.3, -0.25) is 4.98 Å². The van der Waals surface area contributed by atoms with E-state index in [1.165, 1.54) is 0 Å². The number of benzene rings is 2. The van der Waals surface area contributed by atoms with E-state index in [1.54, 1.807) is 18.6 Å². The first-order valence-electron chi connectivity index (χ1n) is 10.7. The number of nitrogens with zero attached hydrogens (tertiary/aromatic N) is 6. The molecule has 7 heteroatoms.